The van der Waals surface area contributed by atoms with E-state index in [9.17, 15) is 9.18 Å². The molecule has 4 nitrogen and oxygen atoms in total. The first-order valence-corrected chi connectivity index (χ1v) is 6.71. The average molecular weight is 359 g/mol. The van der Waals surface area contributed by atoms with Gasteiger partial charge in [-0.25, -0.2) is 9.18 Å². The number of rotatable bonds is 2. The summed E-state index contributed by atoms with van der Waals surface area (Å²) < 4.78 is 13.4. The van der Waals surface area contributed by atoms with Crippen molar-refractivity contribution in [1.29, 1.82) is 0 Å². The molecule has 2 aromatic carbocycles. The van der Waals surface area contributed by atoms with Crippen molar-refractivity contribution in [3.8, 4) is 0 Å². The smallest absolute Gasteiger partial charge is 0.323 e. The van der Waals surface area contributed by atoms with E-state index in [-0.39, 0.29) is 5.02 Å². The van der Waals surface area contributed by atoms with Crippen molar-refractivity contribution in [2.45, 2.75) is 0 Å². The number of nitrogen functional groups attached to an aromatic ring is 1. The Balaban J connectivity index is 2.10. The molecule has 0 aliphatic rings. The van der Waals surface area contributed by atoms with Gasteiger partial charge in [0.1, 0.15) is 5.82 Å². The Morgan fingerprint density at radius 1 is 1.20 bits per heavy atom. The minimum absolute atomic E-state index is 0.101. The van der Waals surface area contributed by atoms with Gasteiger partial charge in [-0.15, -0.1) is 0 Å². The van der Waals surface area contributed by atoms with Gasteiger partial charge in [0.15, 0.2) is 0 Å². The third kappa shape index (κ3) is 3.61. The minimum Gasteiger partial charge on any atom is -0.399 e. The summed E-state index contributed by atoms with van der Waals surface area (Å²) in [4.78, 5) is 11.8. The van der Waals surface area contributed by atoms with Crippen LogP contribution in [0.1, 0.15) is 0 Å². The predicted octanol–water partition coefficient (Wildman–Crippen LogP) is 4.47. The Kier molecular flexibility index (Phi) is 4.46. The number of halogens is 3. The number of carbonyl (C=O) groups is 1. The first-order chi connectivity index (χ1) is 9.45. The summed E-state index contributed by atoms with van der Waals surface area (Å²) in [5.41, 5.74) is 7.01. The summed E-state index contributed by atoms with van der Waals surface area (Å²) in [6.07, 6.45) is 0. The highest BCUT2D eigenvalue weighted by molar-refractivity contribution is 9.10. The van der Waals surface area contributed by atoms with Crippen LogP contribution in [-0.4, -0.2) is 6.03 Å². The highest BCUT2D eigenvalue weighted by Gasteiger charge is 2.11. The lowest BCUT2D eigenvalue weighted by Gasteiger charge is -2.11. The maximum absolute atomic E-state index is 13.1. The zero-order valence-electron chi connectivity index (χ0n) is 10.1. The zero-order chi connectivity index (χ0) is 14.7. The average Bonchev–Trinajstić information content (AvgIpc) is 2.36. The lowest BCUT2D eigenvalue weighted by molar-refractivity contribution is 0.262. The summed E-state index contributed by atoms with van der Waals surface area (Å²) in [5.74, 6) is -0.494. The van der Waals surface area contributed by atoms with Crippen molar-refractivity contribution >= 4 is 50.6 Å². The molecule has 0 saturated carbocycles. The van der Waals surface area contributed by atoms with Gasteiger partial charge in [0.2, 0.25) is 0 Å². The Bertz CT molecular complexity index is 626. The quantitative estimate of drug-likeness (QED) is 0.693. The number of anilines is 3. The van der Waals surface area contributed by atoms with E-state index >= 15 is 0 Å². The molecule has 0 saturated heterocycles. The molecule has 0 atom stereocenters. The number of carbonyl (C=O) groups excluding carboxylic acids is 1. The van der Waals surface area contributed by atoms with Crippen molar-refractivity contribution in [1.82, 2.24) is 0 Å². The van der Waals surface area contributed by atoms with E-state index in [1.54, 1.807) is 24.3 Å². The van der Waals surface area contributed by atoms with Crippen LogP contribution in [0.25, 0.3) is 0 Å². The second-order valence-corrected chi connectivity index (χ2v) is 5.21. The van der Waals surface area contributed by atoms with Crippen molar-refractivity contribution in [3.05, 3.63) is 51.7 Å². The molecule has 0 unspecified atom stereocenters. The molecule has 2 aromatic rings. The van der Waals surface area contributed by atoms with Crippen molar-refractivity contribution in [3.63, 3.8) is 0 Å². The van der Waals surface area contributed by atoms with E-state index < -0.39 is 11.8 Å². The van der Waals surface area contributed by atoms with Crippen LogP contribution in [-0.2, 0) is 0 Å². The second kappa shape index (κ2) is 6.11. The van der Waals surface area contributed by atoms with Gasteiger partial charge in [-0.3, -0.25) is 0 Å². The number of benzene rings is 2. The minimum atomic E-state index is -0.496. The van der Waals surface area contributed by atoms with Crippen molar-refractivity contribution in [2.24, 2.45) is 0 Å². The van der Waals surface area contributed by atoms with Gasteiger partial charge in [0, 0.05) is 15.8 Å². The molecule has 104 valence electrons. The first kappa shape index (κ1) is 14.6. The zero-order valence-corrected chi connectivity index (χ0v) is 12.4. The molecule has 4 N–H and O–H groups in total. The third-order valence-corrected chi connectivity index (χ3v) is 3.34. The molecule has 0 fully saturated rings. The van der Waals surface area contributed by atoms with Gasteiger partial charge >= 0.3 is 6.03 Å². The molecule has 7 heteroatoms. The third-order valence-electron chi connectivity index (χ3n) is 2.41. The van der Waals surface area contributed by atoms with Crippen LogP contribution in [0.3, 0.4) is 0 Å². The second-order valence-electron chi connectivity index (χ2n) is 3.95. The van der Waals surface area contributed by atoms with Gasteiger partial charge in [0.25, 0.3) is 0 Å². The van der Waals surface area contributed by atoms with Gasteiger partial charge in [0.05, 0.1) is 10.7 Å². The van der Waals surface area contributed by atoms with Gasteiger partial charge in [-0.1, -0.05) is 11.6 Å². The predicted molar refractivity (Wildman–Crippen MR) is 82.6 cm³/mol. The molecule has 0 aromatic heterocycles. The summed E-state index contributed by atoms with van der Waals surface area (Å²) >= 11 is 9.01. The lowest BCUT2D eigenvalue weighted by Crippen LogP contribution is -2.20. The monoisotopic (exact) mass is 357 g/mol. The molecule has 0 bridgehead atoms. The fourth-order valence-corrected chi connectivity index (χ4v) is 2.40. The highest BCUT2D eigenvalue weighted by Crippen LogP contribution is 2.31. The first-order valence-electron chi connectivity index (χ1n) is 5.54. The van der Waals surface area contributed by atoms with Crippen LogP contribution in [0.5, 0.6) is 0 Å². The normalized spacial score (nSPS) is 10.2. The molecule has 20 heavy (non-hydrogen) atoms. The Labute approximate surface area is 128 Å². The number of nitrogens with two attached hydrogens (primary N) is 1. The van der Waals surface area contributed by atoms with Gasteiger partial charge in [-0.05, 0) is 52.3 Å². The molecule has 0 heterocycles. The molecule has 0 radical (unpaired) electrons. The molecule has 2 rings (SSSR count). The maximum Gasteiger partial charge on any atom is 0.323 e. The van der Waals surface area contributed by atoms with Crippen molar-refractivity contribution < 1.29 is 9.18 Å². The topological polar surface area (TPSA) is 67.1 Å². The van der Waals surface area contributed by atoms with E-state index in [1.807, 2.05) is 0 Å². The van der Waals surface area contributed by atoms with Gasteiger partial charge < -0.3 is 16.4 Å². The fraction of sp³-hybridized carbons (Fsp3) is 0. The summed E-state index contributed by atoms with van der Waals surface area (Å²) in [7, 11) is 0. The number of amides is 2. The Hall–Kier alpha value is -1.79. The molecular formula is C13H10BrClFN3O. The van der Waals surface area contributed by atoms with Crippen LogP contribution in [0.2, 0.25) is 5.02 Å². The largest absolute Gasteiger partial charge is 0.399 e. The number of urea groups is 1. The summed E-state index contributed by atoms with van der Waals surface area (Å²) in [6.45, 7) is 0. The maximum atomic E-state index is 13.1. The number of nitrogens with one attached hydrogen (secondary N) is 2. The summed E-state index contributed by atoms with van der Waals surface area (Å²) in [6, 6.07) is 8.48. The van der Waals surface area contributed by atoms with Crippen molar-refractivity contribution in [2.75, 3.05) is 16.4 Å². The summed E-state index contributed by atoms with van der Waals surface area (Å²) in [5, 5.41) is 5.25. The van der Waals surface area contributed by atoms with E-state index in [0.29, 0.717) is 21.5 Å². The van der Waals surface area contributed by atoms with E-state index in [2.05, 4.69) is 26.6 Å². The molecular weight excluding hydrogens is 349 g/mol. The van der Waals surface area contributed by atoms with Crippen LogP contribution in [0, 0.1) is 5.82 Å². The highest BCUT2D eigenvalue weighted by atomic mass is 79.9. The molecule has 0 aliphatic heterocycles. The Morgan fingerprint density at radius 3 is 2.45 bits per heavy atom. The van der Waals surface area contributed by atoms with E-state index in [4.69, 9.17) is 17.3 Å². The standard InChI is InChI=1S/C13H10BrClFN3O/c14-10-5-7(16)6-11(15)12(10)19-13(20)18-9-3-1-8(17)2-4-9/h1-6H,17H2,(H2,18,19,20). The lowest BCUT2D eigenvalue weighted by atomic mass is 10.3. The molecule has 0 aliphatic carbocycles. The van der Waals surface area contributed by atoms with Crippen LogP contribution in [0.4, 0.5) is 26.2 Å². The SMILES string of the molecule is Nc1ccc(NC(=O)Nc2c(Cl)cc(F)cc2Br)cc1. The van der Waals surface area contributed by atoms with Gasteiger partial charge in [-0.2, -0.15) is 0 Å². The number of hydrogen-bond donors (Lipinski definition) is 3. The van der Waals surface area contributed by atoms with E-state index in [0.717, 1.165) is 6.07 Å². The van der Waals surface area contributed by atoms with E-state index in [1.165, 1.54) is 6.07 Å². The Morgan fingerprint density at radius 2 is 1.85 bits per heavy atom. The molecule has 0 spiro atoms. The number of hydrogen-bond acceptors (Lipinski definition) is 2. The van der Waals surface area contributed by atoms with Crippen LogP contribution in [0.15, 0.2) is 40.9 Å². The molecule has 2 amide bonds. The van der Waals surface area contributed by atoms with Crippen LogP contribution < -0.4 is 16.4 Å². The van der Waals surface area contributed by atoms with Crippen LogP contribution >= 0.6 is 27.5 Å². The fourth-order valence-electron chi connectivity index (χ4n) is 1.50.